The van der Waals surface area contributed by atoms with Crippen molar-refractivity contribution in [1.82, 2.24) is 0 Å². The van der Waals surface area contributed by atoms with Crippen molar-refractivity contribution >= 4 is 17.6 Å². The van der Waals surface area contributed by atoms with Gasteiger partial charge in [-0.3, -0.25) is 15.5 Å². The maximum atomic E-state index is 12.7. The van der Waals surface area contributed by atoms with Gasteiger partial charge in [-0.15, -0.1) is 0 Å². The van der Waals surface area contributed by atoms with Crippen LogP contribution in [0.15, 0.2) is 41.5 Å². The van der Waals surface area contributed by atoms with Gasteiger partial charge in [-0.2, -0.15) is 18.3 Å². The molecular formula is C18H18F3N3O4. The Hall–Kier alpha value is -3.30. The molecule has 10 heteroatoms. The maximum Gasteiger partial charge on any atom is 0.416 e. The molecule has 0 aliphatic rings. The summed E-state index contributed by atoms with van der Waals surface area (Å²) in [4.78, 5) is 10.2. The van der Waals surface area contributed by atoms with E-state index in [1.165, 1.54) is 6.21 Å². The van der Waals surface area contributed by atoms with E-state index < -0.39 is 22.4 Å². The van der Waals surface area contributed by atoms with E-state index in [1.807, 2.05) is 6.92 Å². The third kappa shape index (κ3) is 5.35. The van der Waals surface area contributed by atoms with Gasteiger partial charge in [-0.25, -0.2) is 0 Å². The SMILES string of the molecule is CCOc1ccc(/C=N\Nc2ccc(C(F)(F)F)cc2[N+](=O)[O-])c(OCC)c1. The summed E-state index contributed by atoms with van der Waals surface area (Å²) in [5.74, 6) is 1.09. The van der Waals surface area contributed by atoms with Crippen molar-refractivity contribution in [3.63, 3.8) is 0 Å². The van der Waals surface area contributed by atoms with Crippen LogP contribution in [0.1, 0.15) is 25.0 Å². The summed E-state index contributed by atoms with van der Waals surface area (Å²) in [6.45, 7) is 4.53. The lowest BCUT2D eigenvalue weighted by Crippen LogP contribution is -2.06. The number of rotatable bonds is 8. The van der Waals surface area contributed by atoms with Crippen molar-refractivity contribution in [2.75, 3.05) is 18.6 Å². The van der Waals surface area contributed by atoms with Gasteiger partial charge in [-0.1, -0.05) is 0 Å². The molecule has 2 aromatic carbocycles. The van der Waals surface area contributed by atoms with Crippen LogP contribution in [0, 0.1) is 10.1 Å². The maximum absolute atomic E-state index is 12.7. The topological polar surface area (TPSA) is 86.0 Å². The number of nitrogens with zero attached hydrogens (tertiary/aromatic N) is 2. The third-order valence-corrected chi connectivity index (χ3v) is 3.51. The molecule has 0 amide bonds. The van der Waals surface area contributed by atoms with Crippen LogP contribution in [0.3, 0.4) is 0 Å². The van der Waals surface area contributed by atoms with Crippen LogP contribution >= 0.6 is 0 Å². The van der Waals surface area contributed by atoms with Crippen LogP contribution < -0.4 is 14.9 Å². The first-order valence-corrected chi connectivity index (χ1v) is 8.30. The second-order valence-electron chi connectivity index (χ2n) is 5.42. The van der Waals surface area contributed by atoms with E-state index in [0.717, 1.165) is 12.1 Å². The van der Waals surface area contributed by atoms with Gasteiger partial charge in [0.15, 0.2) is 0 Å². The fourth-order valence-electron chi connectivity index (χ4n) is 2.28. The average molecular weight is 397 g/mol. The van der Waals surface area contributed by atoms with E-state index in [-0.39, 0.29) is 5.69 Å². The molecule has 0 spiro atoms. The van der Waals surface area contributed by atoms with Crippen LogP contribution in [-0.2, 0) is 6.18 Å². The summed E-state index contributed by atoms with van der Waals surface area (Å²) in [7, 11) is 0. The number of nitro groups is 1. The molecular weight excluding hydrogens is 379 g/mol. The molecule has 0 aliphatic carbocycles. The standard InChI is InChI=1S/C18H18F3N3O4/c1-3-27-14-7-5-12(17(10-14)28-4-2)11-22-23-15-8-6-13(18(19,20)21)9-16(15)24(25)26/h5-11,23H,3-4H2,1-2H3/b22-11-. The van der Waals surface area contributed by atoms with Crippen molar-refractivity contribution in [2.45, 2.75) is 20.0 Å². The smallest absolute Gasteiger partial charge is 0.416 e. The Morgan fingerprint density at radius 3 is 2.46 bits per heavy atom. The quantitative estimate of drug-likeness (QED) is 0.391. The lowest BCUT2D eigenvalue weighted by molar-refractivity contribution is -0.384. The predicted octanol–water partition coefficient (Wildman–Crippen LogP) is 4.86. The highest BCUT2D eigenvalue weighted by Gasteiger charge is 2.33. The van der Waals surface area contributed by atoms with Crippen LogP contribution in [0.5, 0.6) is 11.5 Å². The molecule has 0 unspecified atom stereocenters. The monoisotopic (exact) mass is 397 g/mol. The van der Waals surface area contributed by atoms with E-state index in [1.54, 1.807) is 25.1 Å². The van der Waals surface area contributed by atoms with E-state index in [9.17, 15) is 23.3 Å². The van der Waals surface area contributed by atoms with Gasteiger partial charge in [0.05, 0.1) is 29.9 Å². The van der Waals surface area contributed by atoms with Crippen LogP contribution in [-0.4, -0.2) is 24.4 Å². The van der Waals surface area contributed by atoms with Crippen molar-refractivity contribution in [1.29, 1.82) is 0 Å². The molecule has 0 heterocycles. The predicted molar refractivity (Wildman–Crippen MR) is 98.1 cm³/mol. The first-order chi connectivity index (χ1) is 13.3. The number of benzene rings is 2. The average Bonchev–Trinajstić information content (AvgIpc) is 2.63. The van der Waals surface area contributed by atoms with Crippen LogP contribution in [0.2, 0.25) is 0 Å². The first kappa shape index (κ1) is 21.0. The molecule has 0 saturated carbocycles. The minimum absolute atomic E-state index is 0.168. The van der Waals surface area contributed by atoms with Gasteiger partial charge < -0.3 is 9.47 Å². The molecule has 7 nitrogen and oxygen atoms in total. The summed E-state index contributed by atoms with van der Waals surface area (Å²) < 4.78 is 49.1. The lowest BCUT2D eigenvalue weighted by Gasteiger charge is -2.10. The number of nitro benzene ring substituents is 1. The van der Waals surface area contributed by atoms with Gasteiger partial charge in [0, 0.05) is 17.7 Å². The van der Waals surface area contributed by atoms with E-state index in [0.29, 0.717) is 36.3 Å². The highest BCUT2D eigenvalue weighted by atomic mass is 19.4. The molecule has 0 bridgehead atoms. The molecule has 0 radical (unpaired) electrons. The number of nitrogens with one attached hydrogen (secondary N) is 1. The number of hydrogen-bond acceptors (Lipinski definition) is 6. The Morgan fingerprint density at radius 1 is 1.14 bits per heavy atom. The number of halogens is 3. The van der Waals surface area contributed by atoms with Gasteiger partial charge in [0.1, 0.15) is 17.2 Å². The fraction of sp³-hybridized carbons (Fsp3) is 0.278. The molecule has 28 heavy (non-hydrogen) atoms. The lowest BCUT2D eigenvalue weighted by atomic mass is 10.1. The van der Waals surface area contributed by atoms with Gasteiger partial charge in [-0.05, 0) is 38.1 Å². The zero-order chi connectivity index (χ0) is 20.7. The van der Waals surface area contributed by atoms with Gasteiger partial charge in [0.25, 0.3) is 5.69 Å². The Balaban J connectivity index is 2.26. The minimum Gasteiger partial charge on any atom is -0.494 e. The number of hydrogen-bond donors (Lipinski definition) is 1. The summed E-state index contributed by atoms with van der Waals surface area (Å²) in [5, 5.41) is 15.0. The third-order valence-electron chi connectivity index (χ3n) is 3.51. The Kier molecular flexibility index (Phi) is 6.80. The normalized spacial score (nSPS) is 11.5. The van der Waals surface area contributed by atoms with Gasteiger partial charge >= 0.3 is 6.18 Å². The van der Waals surface area contributed by atoms with E-state index >= 15 is 0 Å². The number of hydrazone groups is 1. The van der Waals surface area contributed by atoms with Crippen molar-refractivity contribution in [3.05, 3.63) is 57.6 Å². The summed E-state index contributed by atoms with van der Waals surface area (Å²) in [5.41, 5.74) is 0.954. The zero-order valence-electron chi connectivity index (χ0n) is 15.1. The van der Waals surface area contributed by atoms with Crippen molar-refractivity contribution < 1.29 is 27.6 Å². The summed E-state index contributed by atoms with van der Waals surface area (Å²) >= 11 is 0. The van der Waals surface area contributed by atoms with Crippen LogP contribution in [0.25, 0.3) is 0 Å². The largest absolute Gasteiger partial charge is 0.494 e. The minimum atomic E-state index is -4.68. The number of ether oxygens (including phenoxy) is 2. The second-order valence-corrected chi connectivity index (χ2v) is 5.42. The molecule has 0 aliphatic heterocycles. The number of alkyl halides is 3. The highest BCUT2D eigenvalue weighted by molar-refractivity contribution is 5.84. The zero-order valence-corrected chi connectivity index (χ0v) is 15.1. The van der Waals surface area contributed by atoms with Crippen LogP contribution in [0.4, 0.5) is 24.5 Å². The molecule has 2 aromatic rings. The molecule has 0 atom stereocenters. The molecule has 1 N–H and O–H groups in total. The van der Waals surface area contributed by atoms with Crippen molar-refractivity contribution in [3.8, 4) is 11.5 Å². The number of anilines is 1. The van der Waals surface area contributed by atoms with E-state index in [2.05, 4.69) is 10.5 Å². The van der Waals surface area contributed by atoms with Crippen molar-refractivity contribution in [2.24, 2.45) is 5.10 Å². The summed E-state index contributed by atoms with van der Waals surface area (Å²) in [6.07, 6.45) is -3.33. The Bertz CT molecular complexity index is 870. The molecule has 0 fully saturated rings. The second kappa shape index (κ2) is 9.07. The van der Waals surface area contributed by atoms with Gasteiger partial charge in [0.2, 0.25) is 0 Å². The molecule has 2 rings (SSSR count). The Morgan fingerprint density at radius 2 is 1.86 bits per heavy atom. The molecule has 0 aromatic heterocycles. The molecule has 150 valence electrons. The Labute approximate surface area is 158 Å². The first-order valence-electron chi connectivity index (χ1n) is 8.30. The fourth-order valence-corrected chi connectivity index (χ4v) is 2.28. The molecule has 0 saturated heterocycles. The highest BCUT2D eigenvalue weighted by Crippen LogP contribution is 2.35. The van der Waals surface area contributed by atoms with E-state index in [4.69, 9.17) is 9.47 Å². The summed E-state index contributed by atoms with van der Waals surface area (Å²) in [6, 6.07) is 7.22.